The van der Waals surface area contributed by atoms with Gasteiger partial charge in [0, 0.05) is 29.4 Å². The molecule has 2 aromatic heterocycles. The van der Waals surface area contributed by atoms with Crippen LogP contribution < -0.4 is 5.32 Å². The van der Waals surface area contributed by atoms with Crippen molar-refractivity contribution in [2.75, 3.05) is 6.54 Å². The average molecular weight is 433 g/mol. The number of benzene rings is 2. The van der Waals surface area contributed by atoms with Gasteiger partial charge in [0.15, 0.2) is 5.65 Å². The number of hydrogen-bond donors (Lipinski definition) is 1. The van der Waals surface area contributed by atoms with Crippen LogP contribution in [0.2, 0.25) is 5.02 Å². The summed E-state index contributed by atoms with van der Waals surface area (Å²) in [5.41, 5.74) is 7.78. The summed E-state index contributed by atoms with van der Waals surface area (Å²) in [4.78, 5) is 17.5. The predicted octanol–water partition coefficient (Wildman–Crippen LogP) is 4.87. The van der Waals surface area contributed by atoms with E-state index in [0.29, 0.717) is 22.8 Å². The molecule has 1 N–H and O–H groups in total. The molecule has 1 amide bonds. The summed E-state index contributed by atoms with van der Waals surface area (Å²) < 4.78 is 1.77. The Balaban J connectivity index is 1.53. The van der Waals surface area contributed by atoms with Crippen LogP contribution in [-0.4, -0.2) is 27.0 Å². The number of aryl methyl sites for hydroxylation is 3. The number of carbonyl (C=O) groups excluding carboxylic acids is 1. The van der Waals surface area contributed by atoms with Gasteiger partial charge in [0.2, 0.25) is 0 Å². The molecule has 4 rings (SSSR count). The molecule has 0 bridgehead atoms. The molecule has 0 aliphatic rings. The summed E-state index contributed by atoms with van der Waals surface area (Å²) >= 11 is 5.92. The fourth-order valence-corrected chi connectivity index (χ4v) is 3.92. The van der Waals surface area contributed by atoms with Crippen LogP contribution in [-0.2, 0) is 12.8 Å². The van der Waals surface area contributed by atoms with Crippen molar-refractivity contribution in [3.05, 3.63) is 99.0 Å². The first-order valence-electron chi connectivity index (χ1n) is 10.3. The van der Waals surface area contributed by atoms with Gasteiger partial charge in [0.05, 0.1) is 6.20 Å². The molecular formula is C25H25ClN4O. The number of hydrogen-bond acceptors (Lipinski definition) is 3. The predicted molar refractivity (Wildman–Crippen MR) is 124 cm³/mol. The molecule has 0 saturated carbocycles. The van der Waals surface area contributed by atoms with E-state index in [1.807, 2.05) is 44.2 Å². The maximum atomic E-state index is 12.8. The zero-order chi connectivity index (χ0) is 22.0. The van der Waals surface area contributed by atoms with Crippen LogP contribution in [0.25, 0.3) is 5.65 Å². The van der Waals surface area contributed by atoms with E-state index in [4.69, 9.17) is 16.6 Å². The summed E-state index contributed by atoms with van der Waals surface area (Å²) in [7, 11) is 0. The standard InChI is InChI=1S/C25H25ClN4O/c1-16-6-4-5-7-20(16)14-22-17(2)29-24-23(15-28-30(24)18(22)3)25(31)27-13-12-19-8-10-21(26)11-9-19/h4-11,15H,12-14H2,1-3H3,(H,27,31). The summed E-state index contributed by atoms with van der Waals surface area (Å²) in [6, 6.07) is 16.0. The molecule has 0 saturated heterocycles. The second-order valence-corrected chi connectivity index (χ2v) is 8.23. The van der Waals surface area contributed by atoms with Crippen molar-refractivity contribution in [2.45, 2.75) is 33.6 Å². The Morgan fingerprint density at radius 1 is 1.06 bits per heavy atom. The monoisotopic (exact) mass is 432 g/mol. The van der Waals surface area contributed by atoms with Gasteiger partial charge >= 0.3 is 0 Å². The first-order valence-corrected chi connectivity index (χ1v) is 10.7. The van der Waals surface area contributed by atoms with Crippen LogP contribution in [0.5, 0.6) is 0 Å². The number of nitrogens with one attached hydrogen (secondary N) is 1. The van der Waals surface area contributed by atoms with Crippen molar-refractivity contribution in [1.29, 1.82) is 0 Å². The minimum absolute atomic E-state index is 0.165. The number of halogens is 1. The van der Waals surface area contributed by atoms with Gasteiger partial charge in [-0.25, -0.2) is 9.50 Å². The normalized spacial score (nSPS) is 11.1. The van der Waals surface area contributed by atoms with Gasteiger partial charge in [-0.3, -0.25) is 4.79 Å². The van der Waals surface area contributed by atoms with E-state index in [0.717, 1.165) is 35.4 Å². The molecule has 2 heterocycles. The number of nitrogens with zero attached hydrogens (tertiary/aromatic N) is 3. The number of rotatable bonds is 6. The second-order valence-electron chi connectivity index (χ2n) is 7.79. The van der Waals surface area contributed by atoms with Crippen LogP contribution in [0.3, 0.4) is 0 Å². The fourth-order valence-electron chi connectivity index (χ4n) is 3.79. The van der Waals surface area contributed by atoms with Crippen molar-refractivity contribution >= 4 is 23.2 Å². The van der Waals surface area contributed by atoms with Crippen LogP contribution in [0.4, 0.5) is 0 Å². The summed E-state index contributed by atoms with van der Waals surface area (Å²) in [5, 5.41) is 8.14. The van der Waals surface area contributed by atoms with Gasteiger partial charge < -0.3 is 5.32 Å². The van der Waals surface area contributed by atoms with Gasteiger partial charge in [-0.15, -0.1) is 0 Å². The maximum absolute atomic E-state index is 12.8. The molecule has 6 heteroatoms. The smallest absolute Gasteiger partial charge is 0.256 e. The minimum atomic E-state index is -0.165. The topological polar surface area (TPSA) is 59.3 Å². The molecule has 0 spiro atoms. The third-order valence-corrected chi connectivity index (χ3v) is 5.95. The fraction of sp³-hybridized carbons (Fsp3) is 0.240. The maximum Gasteiger partial charge on any atom is 0.256 e. The van der Waals surface area contributed by atoms with E-state index in [9.17, 15) is 4.79 Å². The lowest BCUT2D eigenvalue weighted by Gasteiger charge is -2.13. The molecule has 0 aliphatic carbocycles. The van der Waals surface area contributed by atoms with E-state index in [1.165, 1.54) is 11.1 Å². The summed E-state index contributed by atoms with van der Waals surface area (Å²) in [6.07, 6.45) is 3.12. The lowest BCUT2D eigenvalue weighted by Crippen LogP contribution is -2.25. The highest BCUT2D eigenvalue weighted by atomic mass is 35.5. The van der Waals surface area contributed by atoms with Crippen molar-refractivity contribution in [3.63, 3.8) is 0 Å². The van der Waals surface area contributed by atoms with Crippen LogP contribution in [0.15, 0.2) is 54.7 Å². The van der Waals surface area contributed by atoms with Crippen LogP contribution in [0, 0.1) is 20.8 Å². The van der Waals surface area contributed by atoms with E-state index in [-0.39, 0.29) is 5.91 Å². The molecule has 0 fully saturated rings. The molecule has 4 aromatic rings. The first-order chi connectivity index (χ1) is 14.9. The largest absolute Gasteiger partial charge is 0.352 e. The van der Waals surface area contributed by atoms with Gasteiger partial charge in [0.25, 0.3) is 5.91 Å². The Kier molecular flexibility index (Phi) is 6.05. The molecule has 2 aromatic carbocycles. The average Bonchev–Trinajstić information content (AvgIpc) is 3.17. The number of amides is 1. The molecule has 0 unspecified atom stereocenters. The first kappa shape index (κ1) is 21.1. The third-order valence-electron chi connectivity index (χ3n) is 5.69. The van der Waals surface area contributed by atoms with E-state index >= 15 is 0 Å². The highest BCUT2D eigenvalue weighted by Gasteiger charge is 2.18. The number of fused-ring (bicyclic) bond motifs is 1. The Morgan fingerprint density at radius 3 is 2.55 bits per heavy atom. The Labute approximate surface area is 187 Å². The molecule has 158 valence electrons. The lowest BCUT2D eigenvalue weighted by atomic mass is 9.99. The lowest BCUT2D eigenvalue weighted by molar-refractivity contribution is 0.0955. The Morgan fingerprint density at radius 2 is 1.81 bits per heavy atom. The molecule has 0 atom stereocenters. The molecule has 31 heavy (non-hydrogen) atoms. The van der Waals surface area contributed by atoms with Crippen molar-refractivity contribution in [2.24, 2.45) is 0 Å². The van der Waals surface area contributed by atoms with Crippen molar-refractivity contribution in [3.8, 4) is 0 Å². The van der Waals surface area contributed by atoms with E-state index < -0.39 is 0 Å². The quantitative estimate of drug-likeness (QED) is 0.472. The summed E-state index contributed by atoms with van der Waals surface area (Å²) in [6.45, 7) is 6.67. The SMILES string of the molecule is Cc1ccccc1Cc1c(C)nc2c(C(=O)NCCc3ccc(Cl)cc3)cnn2c1C. The zero-order valence-electron chi connectivity index (χ0n) is 17.9. The highest BCUT2D eigenvalue weighted by molar-refractivity contribution is 6.30. The second kappa shape index (κ2) is 8.90. The molecule has 0 radical (unpaired) electrons. The molecule has 5 nitrogen and oxygen atoms in total. The van der Waals surface area contributed by atoms with Gasteiger partial charge in [-0.1, -0.05) is 48.0 Å². The Bertz CT molecular complexity index is 1240. The Hall–Kier alpha value is -3.18. The van der Waals surface area contributed by atoms with Gasteiger partial charge in [-0.2, -0.15) is 5.10 Å². The number of aromatic nitrogens is 3. The van der Waals surface area contributed by atoms with E-state index in [1.54, 1.807) is 10.7 Å². The van der Waals surface area contributed by atoms with Crippen LogP contribution in [0.1, 0.15) is 44.0 Å². The van der Waals surface area contributed by atoms with Crippen molar-refractivity contribution in [1.82, 2.24) is 19.9 Å². The van der Waals surface area contributed by atoms with Crippen LogP contribution >= 0.6 is 11.6 Å². The molecule has 0 aliphatic heterocycles. The van der Waals surface area contributed by atoms with Gasteiger partial charge in [0.1, 0.15) is 5.56 Å². The van der Waals surface area contributed by atoms with Gasteiger partial charge in [-0.05, 0) is 61.6 Å². The zero-order valence-corrected chi connectivity index (χ0v) is 18.7. The highest BCUT2D eigenvalue weighted by Crippen LogP contribution is 2.21. The minimum Gasteiger partial charge on any atom is -0.352 e. The molecular weight excluding hydrogens is 408 g/mol. The van der Waals surface area contributed by atoms with E-state index in [2.05, 4.69) is 35.5 Å². The third kappa shape index (κ3) is 4.47. The van der Waals surface area contributed by atoms with Crippen molar-refractivity contribution < 1.29 is 4.79 Å². The number of carbonyl (C=O) groups is 1. The summed E-state index contributed by atoms with van der Waals surface area (Å²) in [5.74, 6) is -0.165.